The van der Waals surface area contributed by atoms with Crippen molar-refractivity contribution in [1.82, 2.24) is 5.32 Å². The van der Waals surface area contributed by atoms with E-state index in [0.717, 1.165) is 23.7 Å². The van der Waals surface area contributed by atoms with Crippen molar-refractivity contribution in [2.75, 3.05) is 18.1 Å². The van der Waals surface area contributed by atoms with Crippen molar-refractivity contribution in [2.45, 2.75) is 38.1 Å². The van der Waals surface area contributed by atoms with E-state index in [1.807, 2.05) is 84.9 Å². The lowest BCUT2D eigenvalue weighted by molar-refractivity contribution is 0.0999. The third-order valence-electron chi connectivity index (χ3n) is 5.74. The molecule has 4 rings (SSSR count). The van der Waals surface area contributed by atoms with E-state index in [0.29, 0.717) is 18.2 Å². The third kappa shape index (κ3) is 5.74. The van der Waals surface area contributed by atoms with E-state index < -0.39 is 0 Å². The van der Waals surface area contributed by atoms with E-state index in [9.17, 15) is 4.79 Å². The van der Waals surface area contributed by atoms with Crippen molar-refractivity contribution in [3.63, 3.8) is 0 Å². The Kier molecular flexibility index (Phi) is 7.35. The van der Waals surface area contributed by atoms with Gasteiger partial charge in [-0.2, -0.15) is 0 Å². The first-order valence-corrected chi connectivity index (χ1v) is 11.2. The van der Waals surface area contributed by atoms with Gasteiger partial charge in [0.25, 0.3) is 5.91 Å². The molecule has 0 aromatic heterocycles. The molecule has 1 aliphatic rings. The molecule has 0 saturated heterocycles. The second kappa shape index (κ2) is 10.8. The molecule has 1 aliphatic carbocycles. The predicted octanol–water partition coefficient (Wildman–Crippen LogP) is 5.97. The zero-order valence-electron chi connectivity index (χ0n) is 17.9. The van der Waals surface area contributed by atoms with Crippen LogP contribution in [-0.4, -0.2) is 25.1 Å². The highest BCUT2D eigenvalue weighted by molar-refractivity contribution is 6.10. The van der Waals surface area contributed by atoms with Gasteiger partial charge in [0.15, 0.2) is 0 Å². The Hall–Kier alpha value is -3.11. The zero-order chi connectivity index (χ0) is 21.3. The normalized spacial score (nSPS) is 14.2. The van der Waals surface area contributed by atoms with Gasteiger partial charge in [-0.15, -0.1) is 0 Å². The summed E-state index contributed by atoms with van der Waals surface area (Å²) in [5.41, 5.74) is 2.30. The van der Waals surface area contributed by atoms with Crippen molar-refractivity contribution in [3.05, 3.63) is 90.5 Å². The molecule has 1 amide bonds. The van der Waals surface area contributed by atoms with Crippen LogP contribution in [0.4, 0.5) is 11.4 Å². The quantitative estimate of drug-likeness (QED) is 0.462. The smallest absolute Gasteiger partial charge is 0.262 e. The summed E-state index contributed by atoms with van der Waals surface area (Å²) < 4.78 is 5.92. The van der Waals surface area contributed by atoms with Crippen molar-refractivity contribution < 1.29 is 9.53 Å². The fourth-order valence-corrected chi connectivity index (χ4v) is 4.10. The van der Waals surface area contributed by atoms with Gasteiger partial charge in [0.1, 0.15) is 12.4 Å². The Morgan fingerprint density at radius 2 is 1.42 bits per heavy atom. The highest BCUT2D eigenvalue weighted by Gasteiger charge is 2.19. The van der Waals surface area contributed by atoms with Crippen LogP contribution >= 0.6 is 0 Å². The lowest BCUT2D eigenvalue weighted by Gasteiger charge is -2.24. The molecule has 0 heterocycles. The summed E-state index contributed by atoms with van der Waals surface area (Å²) in [6, 6.07) is 27.5. The van der Waals surface area contributed by atoms with Crippen LogP contribution in [0.5, 0.6) is 5.75 Å². The number of rotatable bonds is 8. The van der Waals surface area contributed by atoms with Gasteiger partial charge in [0, 0.05) is 29.5 Å². The topological polar surface area (TPSA) is 41.6 Å². The molecule has 0 spiro atoms. The average molecular weight is 415 g/mol. The van der Waals surface area contributed by atoms with Gasteiger partial charge in [0.2, 0.25) is 0 Å². The average Bonchev–Trinajstić information content (AvgIpc) is 2.85. The first kappa shape index (κ1) is 21.1. The Morgan fingerprint density at radius 3 is 2.10 bits per heavy atom. The van der Waals surface area contributed by atoms with Gasteiger partial charge in [-0.1, -0.05) is 55.7 Å². The Bertz CT molecular complexity index is 936. The lowest BCUT2D eigenvalue weighted by atomic mass is 9.96. The maximum absolute atomic E-state index is 13.3. The molecular formula is C27H30N2O2. The Balaban J connectivity index is 1.42. The second-order valence-corrected chi connectivity index (χ2v) is 7.97. The van der Waals surface area contributed by atoms with Gasteiger partial charge >= 0.3 is 0 Å². The summed E-state index contributed by atoms with van der Waals surface area (Å²) >= 11 is 0. The van der Waals surface area contributed by atoms with E-state index in [1.165, 1.54) is 32.1 Å². The molecule has 4 heteroatoms. The second-order valence-electron chi connectivity index (χ2n) is 7.97. The minimum absolute atomic E-state index is 0.0582. The zero-order valence-corrected chi connectivity index (χ0v) is 17.9. The molecule has 0 aliphatic heterocycles. The van der Waals surface area contributed by atoms with Gasteiger partial charge in [-0.25, -0.2) is 0 Å². The monoisotopic (exact) mass is 414 g/mol. The van der Waals surface area contributed by atoms with Gasteiger partial charge < -0.3 is 10.1 Å². The summed E-state index contributed by atoms with van der Waals surface area (Å²) in [6.07, 6.45) is 6.59. The van der Waals surface area contributed by atoms with E-state index in [4.69, 9.17) is 4.74 Å². The number of anilines is 2. The van der Waals surface area contributed by atoms with Crippen LogP contribution in [-0.2, 0) is 0 Å². The minimum atomic E-state index is -0.0582. The molecule has 3 aromatic carbocycles. The summed E-state index contributed by atoms with van der Waals surface area (Å²) in [6.45, 7) is 1.50. The molecule has 0 bridgehead atoms. The maximum atomic E-state index is 13.3. The number of ether oxygens (including phenoxy) is 1. The van der Waals surface area contributed by atoms with Gasteiger partial charge in [-0.05, 0) is 61.4 Å². The fraction of sp³-hybridized carbons (Fsp3) is 0.296. The van der Waals surface area contributed by atoms with Crippen LogP contribution in [0.2, 0.25) is 0 Å². The summed E-state index contributed by atoms with van der Waals surface area (Å²) in [5.74, 6) is 0.756. The van der Waals surface area contributed by atoms with E-state index >= 15 is 0 Å². The van der Waals surface area contributed by atoms with Crippen LogP contribution in [0, 0.1) is 0 Å². The summed E-state index contributed by atoms with van der Waals surface area (Å²) in [5, 5.41) is 3.60. The number of hydrogen-bond donors (Lipinski definition) is 1. The van der Waals surface area contributed by atoms with Crippen LogP contribution in [0.15, 0.2) is 84.9 Å². The maximum Gasteiger partial charge on any atom is 0.262 e. The standard InChI is InChI=1S/C27H30N2O2/c30-27(22-10-4-1-5-11-22)29(24-14-8-3-9-15-24)25-16-18-26(19-17-25)31-21-20-28-23-12-6-2-7-13-23/h1,3-5,8-11,14-19,23,28H,2,6-7,12-13,20-21H2. The number of benzene rings is 3. The molecule has 160 valence electrons. The number of carbonyl (C=O) groups excluding carboxylic acids is 1. The Labute approximate surface area is 184 Å². The molecule has 0 unspecified atom stereocenters. The number of hydrogen-bond acceptors (Lipinski definition) is 3. The molecular weight excluding hydrogens is 384 g/mol. The number of carbonyl (C=O) groups is 1. The fourth-order valence-electron chi connectivity index (χ4n) is 4.10. The molecule has 4 nitrogen and oxygen atoms in total. The molecule has 1 saturated carbocycles. The number of para-hydroxylation sites is 1. The van der Waals surface area contributed by atoms with E-state index in [-0.39, 0.29) is 5.91 Å². The first-order chi connectivity index (χ1) is 15.3. The molecule has 0 atom stereocenters. The predicted molar refractivity (Wildman–Crippen MR) is 126 cm³/mol. The van der Waals surface area contributed by atoms with E-state index in [1.54, 1.807) is 4.90 Å². The van der Waals surface area contributed by atoms with Crippen molar-refractivity contribution in [2.24, 2.45) is 0 Å². The lowest BCUT2D eigenvalue weighted by Crippen LogP contribution is -2.34. The minimum Gasteiger partial charge on any atom is -0.492 e. The summed E-state index contributed by atoms with van der Waals surface area (Å²) in [4.78, 5) is 15.0. The molecule has 0 radical (unpaired) electrons. The molecule has 1 fully saturated rings. The van der Waals surface area contributed by atoms with Crippen molar-refractivity contribution >= 4 is 17.3 Å². The Morgan fingerprint density at radius 1 is 0.806 bits per heavy atom. The van der Waals surface area contributed by atoms with Gasteiger partial charge in [-0.3, -0.25) is 9.69 Å². The van der Waals surface area contributed by atoms with Crippen LogP contribution < -0.4 is 15.0 Å². The van der Waals surface area contributed by atoms with E-state index in [2.05, 4.69) is 5.32 Å². The first-order valence-electron chi connectivity index (χ1n) is 11.2. The highest BCUT2D eigenvalue weighted by atomic mass is 16.5. The van der Waals surface area contributed by atoms with Gasteiger partial charge in [0.05, 0.1) is 0 Å². The van der Waals surface area contributed by atoms with Crippen LogP contribution in [0.1, 0.15) is 42.5 Å². The van der Waals surface area contributed by atoms with Crippen LogP contribution in [0.3, 0.4) is 0 Å². The summed E-state index contributed by atoms with van der Waals surface area (Å²) in [7, 11) is 0. The SMILES string of the molecule is O=C(c1ccccc1)N(c1ccccc1)c1ccc(OCCNC2CCCCC2)cc1. The molecule has 31 heavy (non-hydrogen) atoms. The molecule has 1 N–H and O–H groups in total. The number of nitrogens with one attached hydrogen (secondary N) is 1. The number of amides is 1. The highest BCUT2D eigenvalue weighted by Crippen LogP contribution is 2.29. The van der Waals surface area contributed by atoms with Crippen molar-refractivity contribution in [3.8, 4) is 5.75 Å². The number of nitrogens with zero attached hydrogens (tertiary/aromatic N) is 1. The van der Waals surface area contributed by atoms with Crippen molar-refractivity contribution in [1.29, 1.82) is 0 Å². The molecule has 3 aromatic rings. The third-order valence-corrected chi connectivity index (χ3v) is 5.74. The van der Waals surface area contributed by atoms with Crippen LogP contribution in [0.25, 0.3) is 0 Å². The largest absolute Gasteiger partial charge is 0.492 e.